The monoisotopic (exact) mass is 239 g/mol. The lowest BCUT2D eigenvalue weighted by molar-refractivity contribution is 0.528. The normalized spacial score (nSPS) is 10.7. The van der Waals surface area contributed by atoms with Crippen molar-refractivity contribution in [3.05, 3.63) is 33.1 Å². The Hall–Kier alpha value is -1.36. The van der Waals surface area contributed by atoms with Crippen LogP contribution >= 0.6 is 0 Å². The van der Waals surface area contributed by atoms with Gasteiger partial charge in [-0.15, -0.1) is 0 Å². The molecule has 1 N–H and O–H groups in total. The van der Waals surface area contributed by atoms with Crippen LogP contribution in [0.25, 0.3) is 0 Å². The zero-order chi connectivity index (χ0) is 12.7. The molecule has 0 spiro atoms. The first-order valence-corrected chi connectivity index (χ1v) is 6.14. The third-order valence-corrected chi connectivity index (χ3v) is 2.65. The van der Waals surface area contributed by atoms with Gasteiger partial charge in [0.1, 0.15) is 0 Å². The van der Waals surface area contributed by atoms with Crippen molar-refractivity contribution in [2.75, 3.05) is 13.1 Å². The summed E-state index contributed by atoms with van der Waals surface area (Å²) in [5, 5.41) is 3.29. The average Bonchev–Trinajstić information content (AvgIpc) is 2.32. The van der Waals surface area contributed by atoms with Crippen LogP contribution in [0.3, 0.4) is 0 Å². The molecule has 0 fully saturated rings. The van der Waals surface area contributed by atoms with E-state index in [4.69, 9.17) is 0 Å². The van der Waals surface area contributed by atoms with Gasteiger partial charge in [0.05, 0.1) is 0 Å². The van der Waals surface area contributed by atoms with E-state index in [9.17, 15) is 9.59 Å². The number of nitrogens with one attached hydrogen (secondary N) is 1. The average molecular weight is 239 g/mol. The molecule has 1 heterocycles. The first-order valence-electron chi connectivity index (χ1n) is 6.14. The summed E-state index contributed by atoms with van der Waals surface area (Å²) in [6.07, 6.45) is 4.45. The molecule has 1 rings (SSSR count). The quantitative estimate of drug-likeness (QED) is 0.697. The number of rotatable bonds is 7. The Labute approximate surface area is 101 Å². The Morgan fingerprint density at radius 2 is 2.00 bits per heavy atom. The van der Waals surface area contributed by atoms with Gasteiger partial charge in [0.25, 0.3) is 5.56 Å². The van der Waals surface area contributed by atoms with Crippen molar-refractivity contribution in [1.82, 2.24) is 14.5 Å². The minimum Gasteiger partial charge on any atom is -0.317 e. The Bertz CT molecular complexity index is 448. The summed E-state index contributed by atoms with van der Waals surface area (Å²) < 4.78 is 2.72. The Balaban J connectivity index is 2.45. The van der Waals surface area contributed by atoms with Crippen LogP contribution in [0.2, 0.25) is 0 Å². The SMILES string of the molecule is CCCNCCCCn1c(=O)ccn(C)c1=O. The van der Waals surface area contributed by atoms with Crippen LogP contribution in [0.1, 0.15) is 26.2 Å². The van der Waals surface area contributed by atoms with Gasteiger partial charge in [-0.1, -0.05) is 6.92 Å². The van der Waals surface area contributed by atoms with E-state index < -0.39 is 0 Å². The summed E-state index contributed by atoms with van der Waals surface area (Å²) in [5.41, 5.74) is -0.450. The molecule has 0 aliphatic rings. The standard InChI is InChI=1S/C12H21N3O2/c1-3-7-13-8-4-5-9-15-11(16)6-10-14(2)12(15)17/h6,10,13H,3-5,7-9H2,1-2H3. The van der Waals surface area contributed by atoms with Crippen molar-refractivity contribution in [2.45, 2.75) is 32.7 Å². The van der Waals surface area contributed by atoms with E-state index in [0.29, 0.717) is 6.54 Å². The Kier molecular flexibility index (Phi) is 5.69. The molecule has 0 aromatic carbocycles. The van der Waals surface area contributed by atoms with Crippen molar-refractivity contribution < 1.29 is 0 Å². The maximum absolute atomic E-state index is 11.7. The molecular formula is C12H21N3O2. The third kappa shape index (κ3) is 4.19. The van der Waals surface area contributed by atoms with E-state index in [-0.39, 0.29) is 11.2 Å². The second kappa shape index (κ2) is 7.06. The largest absolute Gasteiger partial charge is 0.330 e. The maximum atomic E-state index is 11.7. The fourth-order valence-electron chi connectivity index (χ4n) is 1.64. The second-order valence-corrected chi connectivity index (χ2v) is 4.16. The molecule has 0 unspecified atom stereocenters. The van der Waals surface area contributed by atoms with Crippen LogP contribution < -0.4 is 16.6 Å². The zero-order valence-electron chi connectivity index (χ0n) is 10.6. The van der Waals surface area contributed by atoms with Gasteiger partial charge in [-0.05, 0) is 32.4 Å². The predicted octanol–water partition coefficient (Wildman–Crippen LogP) is 0.327. The van der Waals surface area contributed by atoms with Crippen molar-refractivity contribution in [1.29, 1.82) is 0 Å². The predicted molar refractivity (Wildman–Crippen MR) is 68.3 cm³/mol. The van der Waals surface area contributed by atoms with E-state index >= 15 is 0 Å². The van der Waals surface area contributed by atoms with Gasteiger partial charge in [-0.3, -0.25) is 9.36 Å². The van der Waals surface area contributed by atoms with Gasteiger partial charge >= 0.3 is 5.69 Å². The van der Waals surface area contributed by atoms with Gasteiger partial charge < -0.3 is 9.88 Å². The highest BCUT2D eigenvalue weighted by Crippen LogP contribution is 1.89. The molecule has 1 aromatic rings. The van der Waals surface area contributed by atoms with E-state index in [2.05, 4.69) is 12.2 Å². The van der Waals surface area contributed by atoms with Gasteiger partial charge in [-0.25, -0.2) is 4.79 Å². The summed E-state index contributed by atoms with van der Waals surface area (Å²) >= 11 is 0. The number of aromatic nitrogens is 2. The lowest BCUT2D eigenvalue weighted by atomic mass is 10.3. The number of unbranched alkanes of at least 4 members (excludes halogenated alkanes) is 1. The number of hydrogen-bond acceptors (Lipinski definition) is 3. The number of hydrogen-bond donors (Lipinski definition) is 1. The molecule has 5 heteroatoms. The summed E-state index contributed by atoms with van der Waals surface area (Å²) in [5.74, 6) is 0. The molecule has 0 radical (unpaired) electrons. The number of aryl methyl sites for hydroxylation is 1. The van der Waals surface area contributed by atoms with Crippen LogP contribution in [-0.2, 0) is 13.6 Å². The van der Waals surface area contributed by atoms with E-state index in [0.717, 1.165) is 32.4 Å². The van der Waals surface area contributed by atoms with E-state index in [1.807, 2.05) is 0 Å². The van der Waals surface area contributed by atoms with Gasteiger partial charge in [0.15, 0.2) is 0 Å². The summed E-state index contributed by atoms with van der Waals surface area (Å²) in [6.45, 7) is 4.59. The fraction of sp³-hybridized carbons (Fsp3) is 0.667. The van der Waals surface area contributed by atoms with Gasteiger partial charge in [0.2, 0.25) is 0 Å². The third-order valence-electron chi connectivity index (χ3n) is 2.65. The summed E-state index contributed by atoms with van der Waals surface area (Å²) in [6, 6.07) is 1.43. The van der Waals surface area contributed by atoms with Crippen LogP contribution in [-0.4, -0.2) is 22.2 Å². The van der Waals surface area contributed by atoms with Crippen molar-refractivity contribution >= 4 is 0 Å². The van der Waals surface area contributed by atoms with Crippen molar-refractivity contribution in [2.24, 2.45) is 7.05 Å². The minimum absolute atomic E-state index is 0.213. The molecule has 17 heavy (non-hydrogen) atoms. The van der Waals surface area contributed by atoms with E-state index in [1.165, 1.54) is 21.4 Å². The first-order chi connectivity index (χ1) is 8.16. The fourth-order valence-corrected chi connectivity index (χ4v) is 1.64. The van der Waals surface area contributed by atoms with Gasteiger partial charge in [0, 0.05) is 25.9 Å². The molecule has 0 amide bonds. The van der Waals surface area contributed by atoms with Crippen LogP contribution in [0, 0.1) is 0 Å². The van der Waals surface area contributed by atoms with Crippen molar-refractivity contribution in [3.8, 4) is 0 Å². The molecular weight excluding hydrogens is 218 g/mol. The zero-order valence-corrected chi connectivity index (χ0v) is 10.6. The smallest absolute Gasteiger partial charge is 0.317 e. The Morgan fingerprint density at radius 3 is 2.71 bits per heavy atom. The van der Waals surface area contributed by atoms with E-state index in [1.54, 1.807) is 7.05 Å². The highest BCUT2D eigenvalue weighted by atomic mass is 16.2. The molecule has 5 nitrogen and oxygen atoms in total. The second-order valence-electron chi connectivity index (χ2n) is 4.16. The van der Waals surface area contributed by atoms with Crippen molar-refractivity contribution in [3.63, 3.8) is 0 Å². The minimum atomic E-state index is -0.237. The lowest BCUT2D eigenvalue weighted by Crippen LogP contribution is -2.38. The topological polar surface area (TPSA) is 56.0 Å². The lowest BCUT2D eigenvalue weighted by Gasteiger charge is -2.06. The maximum Gasteiger partial charge on any atom is 0.330 e. The highest BCUT2D eigenvalue weighted by molar-refractivity contribution is 4.85. The van der Waals surface area contributed by atoms with Crippen LogP contribution in [0.5, 0.6) is 0 Å². The van der Waals surface area contributed by atoms with Crippen LogP contribution in [0.15, 0.2) is 21.9 Å². The molecule has 96 valence electrons. The molecule has 0 bridgehead atoms. The first kappa shape index (κ1) is 13.7. The molecule has 0 aliphatic heterocycles. The summed E-state index contributed by atoms with van der Waals surface area (Å²) in [4.78, 5) is 23.2. The summed E-state index contributed by atoms with van der Waals surface area (Å²) in [7, 11) is 1.65. The van der Waals surface area contributed by atoms with Crippen LogP contribution in [0.4, 0.5) is 0 Å². The Morgan fingerprint density at radius 1 is 1.24 bits per heavy atom. The molecule has 0 saturated heterocycles. The highest BCUT2D eigenvalue weighted by Gasteiger charge is 2.01. The molecule has 0 aliphatic carbocycles. The number of nitrogens with zero attached hydrogens (tertiary/aromatic N) is 2. The molecule has 0 saturated carbocycles. The van der Waals surface area contributed by atoms with Gasteiger partial charge in [-0.2, -0.15) is 0 Å². The molecule has 1 aromatic heterocycles. The molecule has 0 atom stereocenters.